The molecule has 3 rings (SSSR count). The minimum Gasteiger partial charge on any atom is -0.370 e. The van der Waals surface area contributed by atoms with Crippen molar-refractivity contribution in [1.29, 1.82) is 0 Å². The van der Waals surface area contributed by atoms with Crippen LogP contribution < -0.4 is 16.0 Å². The van der Waals surface area contributed by atoms with Gasteiger partial charge in [0.1, 0.15) is 0 Å². The number of rotatable bonds is 6. The van der Waals surface area contributed by atoms with E-state index in [1.54, 1.807) is 0 Å². The van der Waals surface area contributed by atoms with Gasteiger partial charge in [-0.05, 0) is 43.4 Å². The molecule has 0 spiro atoms. The van der Waals surface area contributed by atoms with E-state index in [9.17, 15) is 4.79 Å². The number of carbonyl (C=O) groups is 1. The van der Waals surface area contributed by atoms with Gasteiger partial charge in [-0.3, -0.25) is 4.79 Å². The molecule has 7 heteroatoms. The van der Waals surface area contributed by atoms with E-state index in [0.717, 1.165) is 51.5 Å². The molecule has 0 saturated carbocycles. The quantitative estimate of drug-likeness (QED) is 0.275. The minimum absolute atomic E-state index is 0. The van der Waals surface area contributed by atoms with Crippen molar-refractivity contribution in [3.8, 4) is 0 Å². The number of likely N-dealkylation sites (tertiary alicyclic amines) is 1. The van der Waals surface area contributed by atoms with E-state index in [1.165, 1.54) is 11.3 Å². The summed E-state index contributed by atoms with van der Waals surface area (Å²) in [5.41, 5.74) is 7.84. The van der Waals surface area contributed by atoms with Gasteiger partial charge in [0.15, 0.2) is 5.96 Å². The molecule has 1 atom stereocenters. The highest BCUT2D eigenvalue weighted by molar-refractivity contribution is 14.0. The standard InChI is InChI=1S/C21H31N5O.HI/c1-2-23-21(26-13-5-6-18(16-26)14-20(22)27)24-15-17-7-9-19(10-8-17)25-11-3-4-12-25;/h3-4,7-10,18H,2,5-6,11-16H2,1H3,(H2,22,27)(H,23,24);1H. The molecule has 0 radical (unpaired) electrons. The van der Waals surface area contributed by atoms with Crippen LogP contribution in [-0.4, -0.2) is 49.5 Å². The Morgan fingerprint density at radius 1 is 1.25 bits per heavy atom. The molecule has 1 unspecified atom stereocenters. The average molecular weight is 497 g/mol. The predicted molar refractivity (Wildman–Crippen MR) is 126 cm³/mol. The molecule has 0 aromatic heterocycles. The molecule has 2 heterocycles. The van der Waals surface area contributed by atoms with Crippen molar-refractivity contribution in [3.63, 3.8) is 0 Å². The number of piperidine rings is 1. The Bertz CT molecular complexity index is 681. The van der Waals surface area contributed by atoms with Gasteiger partial charge < -0.3 is 20.9 Å². The van der Waals surface area contributed by atoms with Crippen LogP contribution in [0.15, 0.2) is 41.4 Å². The van der Waals surface area contributed by atoms with Crippen LogP contribution in [0.4, 0.5) is 5.69 Å². The highest BCUT2D eigenvalue weighted by Gasteiger charge is 2.23. The molecule has 1 amide bonds. The van der Waals surface area contributed by atoms with Crippen LogP contribution in [0.5, 0.6) is 0 Å². The summed E-state index contributed by atoms with van der Waals surface area (Å²) in [6, 6.07) is 8.67. The first-order chi connectivity index (χ1) is 13.2. The van der Waals surface area contributed by atoms with Gasteiger partial charge in [0, 0.05) is 44.8 Å². The molecule has 1 saturated heterocycles. The third kappa shape index (κ3) is 6.39. The van der Waals surface area contributed by atoms with Crippen LogP contribution >= 0.6 is 24.0 Å². The van der Waals surface area contributed by atoms with Gasteiger partial charge in [-0.1, -0.05) is 24.3 Å². The molecule has 28 heavy (non-hydrogen) atoms. The molecule has 154 valence electrons. The van der Waals surface area contributed by atoms with E-state index >= 15 is 0 Å². The molecule has 6 nitrogen and oxygen atoms in total. The average Bonchev–Trinajstić information content (AvgIpc) is 3.20. The van der Waals surface area contributed by atoms with Crippen molar-refractivity contribution >= 4 is 41.5 Å². The summed E-state index contributed by atoms with van der Waals surface area (Å²) in [5, 5.41) is 3.40. The maximum absolute atomic E-state index is 11.3. The molecule has 3 N–H and O–H groups in total. The lowest BCUT2D eigenvalue weighted by molar-refractivity contribution is -0.119. The Labute approximate surface area is 185 Å². The van der Waals surface area contributed by atoms with E-state index in [-0.39, 0.29) is 29.9 Å². The summed E-state index contributed by atoms with van der Waals surface area (Å²) in [7, 11) is 0. The second-order valence-corrected chi connectivity index (χ2v) is 7.34. The summed E-state index contributed by atoms with van der Waals surface area (Å²) in [4.78, 5) is 20.7. The van der Waals surface area contributed by atoms with Gasteiger partial charge in [-0.2, -0.15) is 0 Å². The zero-order valence-electron chi connectivity index (χ0n) is 16.6. The Morgan fingerprint density at radius 2 is 1.96 bits per heavy atom. The highest BCUT2D eigenvalue weighted by Crippen LogP contribution is 2.20. The lowest BCUT2D eigenvalue weighted by Crippen LogP contribution is -2.47. The smallest absolute Gasteiger partial charge is 0.217 e. The van der Waals surface area contributed by atoms with Crippen LogP contribution in [-0.2, 0) is 11.3 Å². The molecule has 0 aliphatic carbocycles. The van der Waals surface area contributed by atoms with Crippen molar-refractivity contribution in [2.75, 3.05) is 37.6 Å². The third-order valence-electron chi connectivity index (χ3n) is 5.17. The summed E-state index contributed by atoms with van der Waals surface area (Å²) in [5.74, 6) is 1.05. The number of guanidine groups is 1. The van der Waals surface area contributed by atoms with Crippen LogP contribution in [0, 0.1) is 5.92 Å². The number of hydrogen-bond donors (Lipinski definition) is 2. The number of hydrogen-bond acceptors (Lipinski definition) is 3. The van der Waals surface area contributed by atoms with Crippen LogP contribution in [0.2, 0.25) is 0 Å². The van der Waals surface area contributed by atoms with Gasteiger partial charge in [-0.25, -0.2) is 4.99 Å². The Kier molecular flexibility index (Phi) is 9.08. The van der Waals surface area contributed by atoms with Gasteiger partial charge >= 0.3 is 0 Å². The number of primary amides is 1. The van der Waals surface area contributed by atoms with E-state index in [4.69, 9.17) is 10.7 Å². The zero-order valence-corrected chi connectivity index (χ0v) is 19.0. The number of aliphatic imine (C=N–C) groups is 1. The maximum atomic E-state index is 11.3. The third-order valence-corrected chi connectivity index (χ3v) is 5.17. The zero-order chi connectivity index (χ0) is 19.1. The van der Waals surface area contributed by atoms with Crippen molar-refractivity contribution in [2.45, 2.75) is 32.7 Å². The number of benzene rings is 1. The first kappa shape index (κ1) is 22.5. The second-order valence-electron chi connectivity index (χ2n) is 7.34. The predicted octanol–water partition coefficient (Wildman–Crippen LogP) is 2.73. The fourth-order valence-electron chi connectivity index (χ4n) is 3.80. The van der Waals surface area contributed by atoms with E-state index in [2.05, 4.69) is 58.5 Å². The largest absolute Gasteiger partial charge is 0.370 e. The molecular formula is C21H32IN5O. The fraction of sp³-hybridized carbons (Fsp3) is 0.524. The maximum Gasteiger partial charge on any atom is 0.217 e. The summed E-state index contributed by atoms with van der Waals surface area (Å²) >= 11 is 0. The first-order valence-corrected chi connectivity index (χ1v) is 9.96. The molecular weight excluding hydrogens is 465 g/mol. The van der Waals surface area contributed by atoms with Crippen LogP contribution in [0.3, 0.4) is 0 Å². The van der Waals surface area contributed by atoms with Gasteiger partial charge in [0.2, 0.25) is 5.91 Å². The van der Waals surface area contributed by atoms with E-state index in [0.29, 0.717) is 18.9 Å². The van der Waals surface area contributed by atoms with Crippen molar-refractivity contribution in [3.05, 3.63) is 42.0 Å². The molecule has 0 bridgehead atoms. The molecule has 2 aliphatic rings. The van der Waals surface area contributed by atoms with E-state index < -0.39 is 0 Å². The number of halogens is 1. The fourth-order valence-corrected chi connectivity index (χ4v) is 3.80. The number of nitrogens with two attached hydrogens (primary N) is 1. The van der Waals surface area contributed by atoms with Crippen molar-refractivity contribution in [1.82, 2.24) is 10.2 Å². The number of carbonyl (C=O) groups excluding carboxylic acids is 1. The summed E-state index contributed by atoms with van der Waals surface area (Å²) < 4.78 is 0. The topological polar surface area (TPSA) is 74.0 Å². The number of nitrogens with one attached hydrogen (secondary N) is 1. The summed E-state index contributed by atoms with van der Waals surface area (Å²) in [6.07, 6.45) is 6.99. The van der Waals surface area contributed by atoms with E-state index in [1.807, 2.05) is 0 Å². The molecule has 2 aliphatic heterocycles. The minimum atomic E-state index is -0.211. The SMILES string of the molecule is CCNC(=NCc1ccc(N2CC=CC2)cc1)N1CCCC(CC(N)=O)C1.I. The van der Waals surface area contributed by atoms with Crippen molar-refractivity contribution < 1.29 is 4.79 Å². The number of amides is 1. The highest BCUT2D eigenvalue weighted by atomic mass is 127. The lowest BCUT2D eigenvalue weighted by Gasteiger charge is -2.34. The summed E-state index contributed by atoms with van der Waals surface area (Å²) in [6.45, 7) is 7.36. The molecule has 1 aromatic carbocycles. The molecule has 1 fully saturated rings. The van der Waals surface area contributed by atoms with Crippen LogP contribution in [0.1, 0.15) is 31.7 Å². The van der Waals surface area contributed by atoms with Gasteiger partial charge in [-0.15, -0.1) is 24.0 Å². The number of nitrogens with zero attached hydrogens (tertiary/aromatic N) is 3. The Hall–Kier alpha value is -1.77. The Morgan fingerprint density at radius 3 is 2.61 bits per heavy atom. The van der Waals surface area contributed by atoms with Gasteiger partial charge in [0.25, 0.3) is 0 Å². The first-order valence-electron chi connectivity index (χ1n) is 9.96. The van der Waals surface area contributed by atoms with Crippen molar-refractivity contribution in [2.24, 2.45) is 16.6 Å². The Balaban J connectivity index is 0.00000280. The normalized spacial score (nSPS) is 19.5. The lowest BCUT2D eigenvalue weighted by atomic mass is 9.95. The van der Waals surface area contributed by atoms with Gasteiger partial charge in [0.05, 0.1) is 6.54 Å². The monoisotopic (exact) mass is 497 g/mol. The van der Waals surface area contributed by atoms with Crippen LogP contribution in [0.25, 0.3) is 0 Å². The number of anilines is 1. The second kappa shape index (κ2) is 11.3. The molecule has 1 aromatic rings.